The van der Waals surface area contributed by atoms with E-state index in [-0.39, 0.29) is 29.4 Å². The van der Waals surface area contributed by atoms with Gasteiger partial charge in [0.2, 0.25) is 0 Å². The van der Waals surface area contributed by atoms with Crippen LogP contribution in [0.1, 0.15) is 27.7 Å². The summed E-state index contributed by atoms with van der Waals surface area (Å²) in [5.74, 6) is 1.48. The summed E-state index contributed by atoms with van der Waals surface area (Å²) in [6.07, 6.45) is 0. The van der Waals surface area contributed by atoms with Crippen molar-refractivity contribution in [3.63, 3.8) is 0 Å². The molecule has 1 fully saturated rings. The highest BCUT2D eigenvalue weighted by atomic mass is 127. The Balaban J connectivity index is 0.00000256. The van der Waals surface area contributed by atoms with E-state index >= 15 is 0 Å². The van der Waals surface area contributed by atoms with Crippen molar-refractivity contribution < 1.29 is 4.74 Å². The van der Waals surface area contributed by atoms with Crippen molar-refractivity contribution in [3.8, 4) is 0 Å². The Morgan fingerprint density at radius 2 is 1.94 bits per heavy atom. The quantitative estimate of drug-likeness (QED) is 0.460. The lowest BCUT2D eigenvalue weighted by molar-refractivity contribution is -0.0971. The molecule has 1 rings (SSSR count). The second kappa shape index (κ2) is 7.41. The molecule has 1 atom stereocenters. The maximum absolute atomic E-state index is 5.22. The second-order valence-electron chi connectivity index (χ2n) is 5.41. The molecule has 1 aliphatic heterocycles. The third-order valence-electron chi connectivity index (χ3n) is 3.17. The fraction of sp³-hybridized carbons (Fsp3) is 0.917. The third-order valence-corrected chi connectivity index (χ3v) is 3.17. The van der Waals surface area contributed by atoms with Crippen LogP contribution in [0.25, 0.3) is 0 Å². The van der Waals surface area contributed by atoms with Crippen LogP contribution in [0.15, 0.2) is 4.99 Å². The van der Waals surface area contributed by atoms with Crippen molar-refractivity contribution >= 4 is 29.9 Å². The largest absolute Gasteiger partial charge is 0.380 e. The summed E-state index contributed by atoms with van der Waals surface area (Å²) in [5, 5.41) is 6.74. The van der Waals surface area contributed by atoms with Gasteiger partial charge < -0.3 is 15.4 Å². The van der Waals surface area contributed by atoms with Gasteiger partial charge in [0, 0.05) is 25.0 Å². The lowest BCUT2D eigenvalue weighted by Crippen LogP contribution is -2.52. The van der Waals surface area contributed by atoms with Crippen LogP contribution >= 0.6 is 24.0 Å². The van der Waals surface area contributed by atoms with E-state index in [1.807, 2.05) is 7.05 Å². The molecule has 1 saturated heterocycles. The van der Waals surface area contributed by atoms with Crippen molar-refractivity contribution in [1.82, 2.24) is 10.6 Å². The number of ether oxygens (including phenoxy) is 1. The first-order chi connectivity index (χ1) is 7.47. The SMILES string of the molecule is CN=C(NCC1(C)COC1)NC(C)C(C)C.I. The van der Waals surface area contributed by atoms with Crippen LogP contribution in [0.4, 0.5) is 0 Å². The number of guanidine groups is 1. The van der Waals surface area contributed by atoms with Gasteiger partial charge in [0.15, 0.2) is 5.96 Å². The fourth-order valence-electron chi connectivity index (χ4n) is 1.43. The lowest BCUT2D eigenvalue weighted by Gasteiger charge is -2.38. The van der Waals surface area contributed by atoms with E-state index in [9.17, 15) is 0 Å². The minimum Gasteiger partial charge on any atom is -0.380 e. The summed E-state index contributed by atoms with van der Waals surface area (Å²) in [6.45, 7) is 11.4. The number of hydrogen-bond acceptors (Lipinski definition) is 2. The number of halogens is 1. The molecule has 5 heteroatoms. The van der Waals surface area contributed by atoms with E-state index in [2.05, 4.69) is 43.3 Å². The molecule has 0 aliphatic carbocycles. The molecule has 0 spiro atoms. The minimum atomic E-state index is 0. The zero-order valence-electron chi connectivity index (χ0n) is 11.5. The average Bonchev–Trinajstić information content (AvgIpc) is 2.20. The maximum atomic E-state index is 5.22. The van der Waals surface area contributed by atoms with Gasteiger partial charge in [-0.25, -0.2) is 0 Å². The van der Waals surface area contributed by atoms with Gasteiger partial charge in [0.05, 0.1) is 13.2 Å². The molecule has 1 aliphatic rings. The van der Waals surface area contributed by atoms with Crippen LogP contribution in [0.5, 0.6) is 0 Å². The molecule has 0 bridgehead atoms. The second-order valence-corrected chi connectivity index (χ2v) is 5.41. The molecule has 0 aromatic heterocycles. The van der Waals surface area contributed by atoms with E-state index < -0.39 is 0 Å². The molecule has 0 aromatic carbocycles. The Hall–Kier alpha value is -0.0400. The molecule has 0 aromatic rings. The molecule has 4 nitrogen and oxygen atoms in total. The van der Waals surface area contributed by atoms with Crippen molar-refractivity contribution in [2.45, 2.75) is 33.7 Å². The summed E-state index contributed by atoms with van der Waals surface area (Å²) in [6, 6.07) is 0.427. The van der Waals surface area contributed by atoms with Crippen LogP contribution in [-0.2, 0) is 4.74 Å². The van der Waals surface area contributed by atoms with Gasteiger partial charge in [-0.15, -0.1) is 24.0 Å². The van der Waals surface area contributed by atoms with Crippen LogP contribution in [-0.4, -0.2) is 38.8 Å². The Morgan fingerprint density at radius 3 is 2.29 bits per heavy atom. The van der Waals surface area contributed by atoms with Crippen molar-refractivity contribution in [2.75, 3.05) is 26.8 Å². The van der Waals surface area contributed by atoms with Gasteiger partial charge in [-0.1, -0.05) is 20.8 Å². The Labute approximate surface area is 122 Å². The summed E-state index contributed by atoms with van der Waals surface area (Å²) in [4.78, 5) is 4.23. The molecular formula is C12H26IN3O. The molecule has 2 N–H and O–H groups in total. The highest BCUT2D eigenvalue weighted by Crippen LogP contribution is 2.24. The molecular weight excluding hydrogens is 329 g/mol. The van der Waals surface area contributed by atoms with Gasteiger partial charge in [-0.3, -0.25) is 4.99 Å². The van der Waals surface area contributed by atoms with Gasteiger partial charge in [0.1, 0.15) is 0 Å². The maximum Gasteiger partial charge on any atom is 0.191 e. The highest BCUT2D eigenvalue weighted by molar-refractivity contribution is 14.0. The average molecular weight is 355 g/mol. The van der Waals surface area contributed by atoms with Gasteiger partial charge in [-0.05, 0) is 12.8 Å². The molecule has 0 radical (unpaired) electrons. The lowest BCUT2D eigenvalue weighted by atomic mass is 9.89. The topological polar surface area (TPSA) is 45.7 Å². The van der Waals surface area contributed by atoms with Gasteiger partial charge in [0.25, 0.3) is 0 Å². The summed E-state index contributed by atoms with van der Waals surface area (Å²) in [7, 11) is 1.81. The number of aliphatic imine (C=N–C) groups is 1. The summed E-state index contributed by atoms with van der Waals surface area (Å²) >= 11 is 0. The van der Waals surface area contributed by atoms with E-state index in [4.69, 9.17) is 4.74 Å². The highest BCUT2D eigenvalue weighted by Gasteiger charge is 2.33. The predicted molar refractivity (Wildman–Crippen MR) is 83.1 cm³/mol. The van der Waals surface area contributed by atoms with Crippen LogP contribution < -0.4 is 10.6 Å². The van der Waals surface area contributed by atoms with Crippen molar-refractivity contribution in [1.29, 1.82) is 0 Å². The first-order valence-corrected chi connectivity index (χ1v) is 6.02. The smallest absolute Gasteiger partial charge is 0.191 e. The Kier molecular flexibility index (Phi) is 7.39. The van der Waals surface area contributed by atoms with Crippen molar-refractivity contribution in [3.05, 3.63) is 0 Å². The van der Waals surface area contributed by atoms with Crippen LogP contribution in [0.2, 0.25) is 0 Å². The standard InChI is InChI=1S/C12H25N3O.HI/c1-9(2)10(3)15-11(13-5)14-6-12(4)7-16-8-12;/h9-10H,6-8H2,1-5H3,(H2,13,14,15);1H. The molecule has 17 heavy (non-hydrogen) atoms. The molecule has 1 heterocycles. The normalized spacial score (nSPS) is 20.2. The first kappa shape index (κ1) is 17.0. The number of rotatable bonds is 4. The van der Waals surface area contributed by atoms with Crippen LogP contribution in [0.3, 0.4) is 0 Å². The Bertz CT molecular complexity index is 252. The van der Waals surface area contributed by atoms with Gasteiger partial charge >= 0.3 is 0 Å². The Morgan fingerprint density at radius 1 is 1.35 bits per heavy atom. The summed E-state index contributed by atoms with van der Waals surface area (Å²) < 4.78 is 5.22. The van der Waals surface area contributed by atoms with E-state index in [1.165, 1.54) is 0 Å². The van der Waals surface area contributed by atoms with E-state index in [0.29, 0.717) is 12.0 Å². The van der Waals surface area contributed by atoms with Crippen LogP contribution in [0, 0.1) is 11.3 Å². The number of nitrogens with zero attached hydrogens (tertiary/aromatic N) is 1. The minimum absolute atomic E-state index is 0. The van der Waals surface area contributed by atoms with E-state index in [0.717, 1.165) is 25.7 Å². The molecule has 102 valence electrons. The monoisotopic (exact) mass is 355 g/mol. The molecule has 1 unspecified atom stereocenters. The number of nitrogens with one attached hydrogen (secondary N) is 2. The third kappa shape index (κ3) is 5.42. The van der Waals surface area contributed by atoms with Crippen molar-refractivity contribution in [2.24, 2.45) is 16.3 Å². The predicted octanol–water partition coefficient (Wildman–Crippen LogP) is 1.85. The number of hydrogen-bond donors (Lipinski definition) is 2. The van der Waals surface area contributed by atoms with E-state index in [1.54, 1.807) is 0 Å². The van der Waals surface area contributed by atoms with Gasteiger partial charge in [-0.2, -0.15) is 0 Å². The molecule has 0 amide bonds. The zero-order valence-corrected chi connectivity index (χ0v) is 13.9. The first-order valence-electron chi connectivity index (χ1n) is 6.02. The summed E-state index contributed by atoms with van der Waals surface area (Å²) in [5.41, 5.74) is 0.276. The fourth-order valence-corrected chi connectivity index (χ4v) is 1.43. The molecule has 0 saturated carbocycles. The zero-order chi connectivity index (χ0) is 12.2.